The highest BCUT2D eigenvalue weighted by molar-refractivity contribution is 7.89. The lowest BCUT2D eigenvalue weighted by atomic mass is 10.1. The predicted molar refractivity (Wildman–Crippen MR) is 124 cm³/mol. The number of ether oxygens (including phenoxy) is 1. The molecule has 1 heterocycles. The fourth-order valence-electron chi connectivity index (χ4n) is 3.25. The van der Waals surface area contributed by atoms with Gasteiger partial charge in [0.05, 0.1) is 31.2 Å². The van der Waals surface area contributed by atoms with Gasteiger partial charge < -0.3 is 15.4 Å². The van der Waals surface area contributed by atoms with Gasteiger partial charge in [-0.3, -0.25) is 14.5 Å². The van der Waals surface area contributed by atoms with E-state index in [0.717, 1.165) is 44.0 Å². The van der Waals surface area contributed by atoms with Crippen LogP contribution in [0.15, 0.2) is 53.4 Å². The fraction of sp³-hybridized carbons (Fsp3) is 0.391. The van der Waals surface area contributed by atoms with E-state index < -0.39 is 22.5 Å². The Hall–Kier alpha value is -2.79. The summed E-state index contributed by atoms with van der Waals surface area (Å²) in [6.07, 6.45) is 0. The number of hydrogen-bond donors (Lipinski definition) is 3. The lowest BCUT2D eigenvalue weighted by Crippen LogP contribution is -2.41. The van der Waals surface area contributed by atoms with Gasteiger partial charge >= 0.3 is 0 Å². The highest BCUT2D eigenvalue weighted by Crippen LogP contribution is 2.10. The van der Waals surface area contributed by atoms with Crippen LogP contribution in [0.5, 0.6) is 0 Å². The number of nitrogens with zero attached hydrogens (tertiary/aromatic N) is 1. The Kier molecular flexibility index (Phi) is 8.95. The molecule has 3 N–H and O–H groups in total. The molecule has 0 atom stereocenters. The summed E-state index contributed by atoms with van der Waals surface area (Å²) in [6, 6.07) is 14.3. The van der Waals surface area contributed by atoms with Crippen LogP contribution < -0.4 is 15.4 Å². The number of amides is 2. The molecule has 0 bridgehead atoms. The van der Waals surface area contributed by atoms with E-state index in [1.165, 1.54) is 17.7 Å². The van der Waals surface area contributed by atoms with Gasteiger partial charge in [0.15, 0.2) is 0 Å². The SMILES string of the molecule is Cc1ccc(S(=O)(=O)NCC(=O)NCC(=O)NCc2ccc(CN3CCOCC3)cc2)cc1. The molecule has 2 aromatic carbocycles. The van der Waals surface area contributed by atoms with E-state index in [1.807, 2.05) is 31.2 Å². The Balaban J connectivity index is 1.35. The van der Waals surface area contributed by atoms with Crippen LogP contribution in [-0.2, 0) is 37.4 Å². The third kappa shape index (κ3) is 8.25. The van der Waals surface area contributed by atoms with E-state index in [0.29, 0.717) is 6.54 Å². The van der Waals surface area contributed by atoms with Crippen LogP contribution in [0, 0.1) is 6.92 Å². The molecule has 3 rings (SSSR count). The smallest absolute Gasteiger partial charge is 0.241 e. The molecule has 33 heavy (non-hydrogen) atoms. The van der Waals surface area contributed by atoms with Crippen molar-refractivity contribution in [2.24, 2.45) is 0 Å². The van der Waals surface area contributed by atoms with Crippen molar-refractivity contribution in [2.45, 2.75) is 24.9 Å². The second-order valence-electron chi connectivity index (χ2n) is 7.90. The number of sulfonamides is 1. The lowest BCUT2D eigenvalue weighted by Gasteiger charge is -2.26. The first-order chi connectivity index (χ1) is 15.8. The van der Waals surface area contributed by atoms with Crippen molar-refractivity contribution >= 4 is 21.8 Å². The van der Waals surface area contributed by atoms with Crippen LogP contribution in [0.25, 0.3) is 0 Å². The van der Waals surface area contributed by atoms with Gasteiger partial charge in [-0.25, -0.2) is 13.1 Å². The summed E-state index contributed by atoms with van der Waals surface area (Å²) in [6.45, 7) is 5.76. The minimum Gasteiger partial charge on any atom is -0.379 e. The summed E-state index contributed by atoms with van der Waals surface area (Å²) in [5, 5.41) is 5.15. The first kappa shape index (κ1) is 24.8. The molecule has 0 aliphatic carbocycles. The van der Waals surface area contributed by atoms with Gasteiger partial charge in [-0.2, -0.15) is 0 Å². The molecule has 0 saturated carbocycles. The zero-order valence-electron chi connectivity index (χ0n) is 18.7. The van der Waals surface area contributed by atoms with Crippen LogP contribution in [0.1, 0.15) is 16.7 Å². The van der Waals surface area contributed by atoms with E-state index in [1.54, 1.807) is 12.1 Å². The zero-order chi connectivity index (χ0) is 23.7. The number of nitrogens with one attached hydrogen (secondary N) is 3. The lowest BCUT2D eigenvalue weighted by molar-refractivity contribution is -0.125. The van der Waals surface area contributed by atoms with Crippen molar-refractivity contribution in [3.8, 4) is 0 Å². The van der Waals surface area contributed by atoms with Crippen LogP contribution in [0.2, 0.25) is 0 Å². The molecule has 0 spiro atoms. The largest absolute Gasteiger partial charge is 0.379 e. The molecular formula is C23H30N4O5S. The minimum atomic E-state index is -3.79. The standard InChI is InChI=1S/C23H30N4O5S/c1-18-2-8-21(9-3-18)33(30,31)26-16-23(29)25-15-22(28)24-14-19-4-6-20(7-5-19)17-27-10-12-32-13-11-27/h2-9,26H,10-17H2,1H3,(H,24,28)(H,25,29). The van der Waals surface area contributed by atoms with Gasteiger partial charge in [-0.15, -0.1) is 0 Å². The number of carbonyl (C=O) groups excluding carboxylic acids is 2. The van der Waals surface area contributed by atoms with Gasteiger partial charge in [-0.1, -0.05) is 42.0 Å². The maximum atomic E-state index is 12.2. The molecule has 9 nitrogen and oxygen atoms in total. The number of morpholine rings is 1. The zero-order valence-corrected chi connectivity index (χ0v) is 19.5. The van der Waals surface area contributed by atoms with Crippen molar-refractivity contribution < 1.29 is 22.7 Å². The number of carbonyl (C=O) groups is 2. The molecule has 10 heteroatoms. The van der Waals surface area contributed by atoms with Crippen LogP contribution in [-0.4, -0.2) is 64.5 Å². The van der Waals surface area contributed by atoms with E-state index >= 15 is 0 Å². The number of hydrogen-bond acceptors (Lipinski definition) is 6. The highest BCUT2D eigenvalue weighted by Gasteiger charge is 2.15. The fourth-order valence-corrected chi connectivity index (χ4v) is 4.23. The van der Waals surface area contributed by atoms with E-state index in [-0.39, 0.29) is 17.3 Å². The van der Waals surface area contributed by atoms with E-state index in [9.17, 15) is 18.0 Å². The monoisotopic (exact) mass is 474 g/mol. The maximum absolute atomic E-state index is 12.2. The number of benzene rings is 2. The second kappa shape index (κ2) is 11.9. The highest BCUT2D eigenvalue weighted by atomic mass is 32.2. The Morgan fingerprint density at radius 2 is 1.48 bits per heavy atom. The molecule has 1 fully saturated rings. The third-order valence-electron chi connectivity index (χ3n) is 5.22. The predicted octanol–water partition coefficient (Wildman–Crippen LogP) is 0.538. The molecule has 0 radical (unpaired) electrons. The molecular weight excluding hydrogens is 444 g/mol. The normalized spacial score (nSPS) is 14.6. The summed E-state index contributed by atoms with van der Waals surface area (Å²) >= 11 is 0. The molecule has 1 aliphatic rings. The molecule has 1 saturated heterocycles. The molecule has 0 aromatic heterocycles. The van der Waals surface area contributed by atoms with Gasteiger partial charge in [0.25, 0.3) is 0 Å². The molecule has 2 aromatic rings. The summed E-state index contributed by atoms with van der Waals surface area (Å²) in [7, 11) is -3.79. The Morgan fingerprint density at radius 3 is 2.15 bits per heavy atom. The molecule has 0 unspecified atom stereocenters. The van der Waals surface area contributed by atoms with E-state index in [2.05, 4.69) is 20.3 Å². The first-order valence-corrected chi connectivity index (χ1v) is 12.3. The van der Waals surface area contributed by atoms with Crippen molar-refractivity contribution in [3.05, 3.63) is 65.2 Å². The molecule has 2 amide bonds. The molecule has 1 aliphatic heterocycles. The number of aryl methyl sites for hydroxylation is 1. The van der Waals surface area contributed by atoms with Gasteiger partial charge in [-0.05, 0) is 30.2 Å². The van der Waals surface area contributed by atoms with Gasteiger partial charge in [0.2, 0.25) is 21.8 Å². The second-order valence-corrected chi connectivity index (χ2v) is 9.66. The molecule has 178 valence electrons. The average molecular weight is 475 g/mol. The average Bonchev–Trinajstić information content (AvgIpc) is 2.82. The van der Waals surface area contributed by atoms with Crippen LogP contribution in [0.4, 0.5) is 0 Å². The number of rotatable bonds is 10. The summed E-state index contributed by atoms with van der Waals surface area (Å²) in [5.41, 5.74) is 3.08. The Morgan fingerprint density at radius 1 is 0.879 bits per heavy atom. The summed E-state index contributed by atoms with van der Waals surface area (Å²) < 4.78 is 32.0. The summed E-state index contributed by atoms with van der Waals surface area (Å²) in [5.74, 6) is -0.949. The van der Waals surface area contributed by atoms with Crippen molar-refractivity contribution in [2.75, 3.05) is 39.4 Å². The Labute approximate surface area is 194 Å². The van der Waals surface area contributed by atoms with Crippen LogP contribution in [0.3, 0.4) is 0 Å². The first-order valence-electron chi connectivity index (χ1n) is 10.8. The quantitative estimate of drug-likeness (QED) is 0.463. The minimum absolute atomic E-state index is 0.0783. The Bertz CT molecular complexity index is 1030. The third-order valence-corrected chi connectivity index (χ3v) is 6.64. The maximum Gasteiger partial charge on any atom is 0.241 e. The van der Waals surface area contributed by atoms with Gasteiger partial charge in [0, 0.05) is 26.2 Å². The van der Waals surface area contributed by atoms with Crippen molar-refractivity contribution in [1.82, 2.24) is 20.3 Å². The topological polar surface area (TPSA) is 117 Å². The van der Waals surface area contributed by atoms with E-state index in [4.69, 9.17) is 4.74 Å². The van der Waals surface area contributed by atoms with Crippen LogP contribution >= 0.6 is 0 Å². The van der Waals surface area contributed by atoms with Crippen molar-refractivity contribution in [3.63, 3.8) is 0 Å². The van der Waals surface area contributed by atoms with Gasteiger partial charge in [0.1, 0.15) is 0 Å². The van der Waals surface area contributed by atoms with Crippen molar-refractivity contribution in [1.29, 1.82) is 0 Å². The summed E-state index contributed by atoms with van der Waals surface area (Å²) in [4.78, 5) is 26.4.